The Bertz CT molecular complexity index is 1240. The van der Waals surface area contributed by atoms with Gasteiger partial charge < -0.3 is 4.74 Å². The molecule has 0 aliphatic rings. The van der Waals surface area contributed by atoms with Gasteiger partial charge in [0.1, 0.15) is 5.60 Å². The predicted octanol–water partition coefficient (Wildman–Crippen LogP) is 5.93. The van der Waals surface area contributed by atoms with E-state index in [0.717, 1.165) is 33.8 Å². The van der Waals surface area contributed by atoms with Gasteiger partial charge in [0.25, 0.3) is 0 Å². The van der Waals surface area contributed by atoms with Gasteiger partial charge in [-0.05, 0) is 50.6 Å². The fourth-order valence-electron chi connectivity index (χ4n) is 3.69. The SMILES string of the molecule is CC(C)(C)OC(=O)C(Cc1ccnc(-c2ccccn2)c1)N=C(c1ccccc1)c1ccccc1. The molecule has 1 atom stereocenters. The number of hydrogen-bond donors (Lipinski definition) is 0. The highest BCUT2D eigenvalue weighted by Crippen LogP contribution is 2.20. The highest BCUT2D eigenvalue weighted by Gasteiger charge is 2.26. The van der Waals surface area contributed by atoms with E-state index in [1.807, 2.05) is 112 Å². The second-order valence-electron chi connectivity index (χ2n) is 9.23. The van der Waals surface area contributed by atoms with Crippen LogP contribution in [0.3, 0.4) is 0 Å². The molecule has 0 radical (unpaired) electrons. The van der Waals surface area contributed by atoms with Crippen LogP contribution in [0.15, 0.2) is 108 Å². The van der Waals surface area contributed by atoms with Crippen LogP contribution in [0.5, 0.6) is 0 Å². The Morgan fingerprint density at radius 1 is 0.800 bits per heavy atom. The zero-order valence-electron chi connectivity index (χ0n) is 20.3. The van der Waals surface area contributed by atoms with Crippen molar-refractivity contribution in [2.24, 2.45) is 4.99 Å². The Balaban J connectivity index is 1.75. The standard InChI is InChI=1S/C30H29N3O2/c1-30(2,3)35-29(34)27(21-22-17-19-32-26(20-22)25-16-10-11-18-31-25)33-28(23-12-6-4-7-13-23)24-14-8-5-9-15-24/h4-20,27H,21H2,1-3H3. The third-order valence-corrected chi connectivity index (χ3v) is 5.24. The molecule has 0 saturated carbocycles. The number of ether oxygens (including phenoxy) is 1. The quantitative estimate of drug-likeness (QED) is 0.252. The molecule has 0 aliphatic carbocycles. The Morgan fingerprint density at radius 2 is 1.40 bits per heavy atom. The van der Waals surface area contributed by atoms with Crippen molar-refractivity contribution in [3.63, 3.8) is 0 Å². The topological polar surface area (TPSA) is 64.4 Å². The van der Waals surface area contributed by atoms with Gasteiger partial charge in [0.15, 0.2) is 6.04 Å². The maximum atomic E-state index is 13.4. The van der Waals surface area contributed by atoms with Crippen LogP contribution < -0.4 is 0 Å². The fraction of sp³-hybridized carbons (Fsp3) is 0.200. The predicted molar refractivity (Wildman–Crippen MR) is 139 cm³/mol. The van der Waals surface area contributed by atoms with Gasteiger partial charge in [0.2, 0.25) is 0 Å². The monoisotopic (exact) mass is 463 g/mol. The van der Waals surface area contributed by atoms with Crippen molar-refractivity contribution in [1.29, 1.82) is 0 Å². The van der Waals surface area contributed by atoms with E-state index in [0.29, 0.717) is 6.42 Å². The van der Waals surface area contributed by atoms with Crippen molar-refractivity contribution in [1.82, 2.24) is 9.97 Å². The average molecular weight is 464 g/mol. The molecular formula is C30H29N3O2. The van der Waals surface area contributed by atoms with Crippen molar-refractivity contribution >= 4 is 11.7 Å². The summed E-state index contributed by atoms with van der Waals surface area (Å²) in [5.41, 5.74) is 4.47. The summed E-state index contributed by atoms with van der Waals surface area (Å²) in [6.07, 6.45) is 3.86. The first-order valence-electron chi connectivity index (χ1n) is 11.7. The van der Waals surface area contributed by atoms with Gasteiger partial charge in [-0.3, -0.25) is 15.0 Å². The molecule has 5 heteroatoms. The van der Waals surface area contributed by atoms with E-state index in [9.17, 15) is 4.79 Å². The van der Waals surface area contributed by atoms with Gasteiger partial charge in [0.05, 0.1) is 17.1 Å². The summed E-state index contributed by atoms with van der Waals surface area (Å²) in [6, 6.07) is 28.7. The number of aromatic nitrogens is 2. The maximum Gasteiger partial charge on any atom is 0.331 e. The van der Waals surface area contributed by atoms with Crippen LogP contribution in [-0.2, 0) is 16.0 Å². The number of rotatable bonds is 7. The molecule has 0 amide bonds. The van der Waals surface area contributed by atoms with E-state index in [4.69, 9.17) is 9.73 Å². The number of benzene rings is 2. The molecule has 5 nitrogen and oxygen atoms in total. The van der Waals surface area contributed by atoms with Crippen LogP contribution in [-0.4, -0.2) is 33.3 Å². The maximum absolute atomic E-state index is 13.4. The molecule has 176 valence electrons. The molecule has 2 aromatic carbocycles. The zero-order valence-corrected chi connectivity index (χ0v) is 20.3. The van der Waals surface area contributed by atoms with E-state index in [1.54, 1.807) is 12.4 Å². The number of nitrogens with zero attached hydrogens (tertiary/aromatic N) is 3. The molecule has 0 saturated heterocycles. The van der Waals surface area contributed by atoms with Crippen molar-refractivity contribution in [2.45, 2.75) is 38.8 Å². The second kappa shape index (κ2) is 10.9. The summed E-state index contributed by atoms with van der Waals surface area (Å²) in [5, 5.41) is 0. The summed E-state index contributed by atoms with van der Waals surface area (Å²) in [5.74, 6) is -0.363. The van der Waals surface area contributed by atoms with E-state index in [1.165, 1.54) is 0 Å². The first-order valence-corrected chi connectivity index (χ1v) is 11.7. The summed E-state index contributed by atoms with van der Waals surface area (Å²) in [7, 11) is 0. The molecule has 4 rings (SSSR count). The molecule has 0 aliphatic heterocycles. The Labute approximate surface area is 206 Å². The molecule has 1 unspecified atom stereocenters. The second-order valence-corrected chi connectivity index (χ2v) is 9.23. The Kier molecular flexibility index (Phi) is 7.46. The molecule has 0 N–H and O–H groups in total. The minimum absolute atomic E-state index is 0.363. The van der Waals surface area contributed by atoms with Crippen LogP contribution in [0.1, 0.15) is 37.5 Å². The fourth-order valence-corrected chi connectivity index (χ4v) is 3.69. The Morgan fingerprint density at radius 3 is 1.97 bits per heavy atom. The van der Waals surface area contributed by atoms with E-state index >= 15 is 0 Å². The summed E-state index contributed by atoms with van der Waals surface area (Å²) in [6.45, 7) is 5.60. The zero-order chi connectivity index (χ0) is 24.7. The molecule has 2 heterocycles. The lowest BCUT2D eigenvalue weighted by atomic mass is 10.0. The molecular weight excluding hydrogens is 434 g/mol. The third-order valence-electron chi connectivity index (χ3n) is 5.24. The van der Waals surface area contributed by atoms with Gasteiger partial charge in [-0.1, -0.05) is 66.7 Å². The van der Waals surface area contributed by atoms with Crippen LogP contribution in [0.4, 0.5) is 0 Å². The number of esters is 1. The van der Waals surface area contributed by atoms with Gasteiger partial charge in [0, 0.05) is 29.9 Å². The first kappa shape index (κ1) is 24.0. The van der Waals surface area contributed by atoms with Gasteiger partial charge in [-0.25, -0.2) is 4.79 Å². The molecule has 0 spiro atoms. The van der Waals surface area contributed by atoms with E-state index in [-0.39, 0.29) is 5.97 Å². The molecule has 35 heavy (non-hydrogen) atoms. The van der Waals surface area contributed by atoms with Crippen molar-refractivity contribution in [2.75, 3.05) is 0 Å². The van der Waals surface area contributed by atoms with E-state index in [2.05, 4.69) is 9.97 Å². The van der Waals surface area contributed by atoms with Crippen molar-refractivity contribution in [3.05, 3.63) is 120 Å². The average Bonchev–Trinajstić information content (AvgIpc) is 2.87. The lowest BCUT2D eigenvalue weighted by Gasteiger charge is -2.23. The van der Waals surface area contributed by atoms with Crippen LogP contribution in [0, 0.1) is 0 Å². The molecule has 4 aromatic rings. The lowest BCUT2D eigenvalue weighted by molar-refractivity contribution is -0.156. The minimum atomic E-state index is -0.733. The highest BCUT2D eigenvalue weighted by atomic mass is 16.6. The largest absolute Gasteiger partial charge is 0.458 e. The van der Waals surface area contributed by atoms with Crippen molar-refractivity contribution in [3.8, 4) is 11.4 Å². The number of carbonyl (C=O) groups is 1. The van der Waals surface area contributed by atoms with Gasteiger partial charge >= 0.3 is 5.97 Å². The number of aliphatic imine (C=N–C) groups is 1. The summed E-state index contributed by atoms with van der Waals surface area (Å²) < 4.78 is 5.79. The number of pyridine rings is 2. The summed E-state index contributed by atoms with van der Waals surface area (Å²) >= 11 is 0. The van der Waals surface area contributed by atoms with Gasteiger partial charge in [-0.15, -0.1) is 0 Å². The van der Waals surface area contributed by atoms with Crippen LogP contribution in [0.2, 0.25) is 0 Å². The van der Waals surface area contributed by atoms with Crippen LogP contribution in [0.25, 0.3) is 11.4 Å². The van der Waals surface area contributed by atoms with Crippen molar-refractivity contribution < 1.29 is 9.53 Å². The first-order chi connectivity index (χ1) is 16.9. The number of carbonyl (C=O) groups excluding carboxylic acids is 1. The van der Waals surface area contributed by atoms with Crippen LogP contribution >= 0.6 is 0 Å². The Hall–Kier alpha value is -4.12. The molecule has 2 aromatic heterocycles. The van der Waals surface area contributed by atoms with E-state index < -0.39 is 11.6 Å². The molecule has 0 bridgehead atoms. The highest BCUT2D eigenvalue weighted by molar-refractivity contribution is 6.13. The minimum Gasteiger partial charge on any atom is -0.458 e. The molecule has 0 fully saturated rings. The smallest absolute Gasteiger partial charge is 0.331 e. The normalized spacial score (nSPS) is 12.0. The summed E-state index contributed by atoms with van der Waals surface area (Å²) in [4.78, 5) is 27.2. The number of hydrogen-bond acceptors (Lipinski definition) is 5. The third kappa shape index (κ3) is 6.70. The lowest BCUT2D eigenvalue weighted by Crippen LogP contribution is -2.33. The van der Waals surface area contributed by atoms with Gasteiger partial charge in [-0.2, -0.15) is 0 Å².